The van der Waals surface area contributed by atoms with Crippen LogP contribution in [0.5, 0.6) is 17.2 Å². The van der Waals surface area contributed by atoms with E-state index in [1.165, 1.54) is 12.0 Å². The molecule has 0 aliphatic carbocycles. The summed E-state index contributed by atoms with van der Waals surface area (Å²) in [6, 6.07) is 11.1. The molecule has 1 heterocycles. The molecule has 1 aliphatic heterocycles. The number of nitrogens with zero attached hydrogens (tertiary/aromatic N) is 1. The van der Waals surface area contributed by atoms with Gasteiger partial charge in [0.05, 0.1) is 23.0 Å². The van der Waals surface area contributed by atoms with Gasteiger partial charge < -0.3 is 14.2 Å². The molecule has 160 valence electrons. The molecular weight excluding hydrogens is 482 g/mol. The molecule has 0 spiro atoms. The number of methoxy groups -OCH3 is 1. The lowest BCUT2D eigenvalue weighted by Crippen LogP contribution is -2.32. The molecule has 2 aromatic carbocycles. The van der Waals surface area contributed by atoms with E-state index in [0.717, 1.165) is 17.3 Å². The first-order valence-corrected chi connectivity index (χ1v) is 10.9. The van der Waals surface area contributed by atoms with Gasteiger partial charge in [-0.3, -0.25) is 14.5 Å². The topological polar surface area (TPSA) is 65.1 Å². The van der Waals surface area contributed by atoms with Crippen LogP contribution in [0.25, 0.3) is 6.08 Å². The second-order valence-corrected chi connectivity index (χ2v) is 8.37. The summed E-state index contributed by atoms with van der Waals surface area (Å²) in [4.78, 5) is 26.6. The number of hydrogen-bond acceptors (Lipinski definition) is 6. The Morgan fingerprint density at radius 3 is 2.61 bits per heavy atom. The SMILES string of the molecule is C#CCOc1c(Br)cc(/C=C2\SC(=O)N(CCOc3ccc(C)cc3)C2=O)cc1OC. The van der Waals surface area contributed by atoms with Gasteiger partial charge in [0.1, 0.15) is 19.0 Å². The summed E-state index contributed by atoms with van der Waals surface area (Å²) in [6.45, 7) is 2.47. The molecule has 1 fully saturated rings. The van der Waals surface area contributed by atoms with E-state index in [1.54, 1.807) is 18.2 Å². The van der Waals surface area contributed by atoms with Crippen LogP contribution in [0.3, 0.4) is 0 Å². The van der Waals surface area contributed by atoms with Gasteiger partial charge in [-0.1, -0.05) is 23.6 Å². The fourth-order valence-electron chi connectivity index (χ4n) is 2.81. The van der Waals surface area contributed by atoms with Crippen molar-refractivity contribution >= 4 is 44.9 Å². The van der Waals surface area contributed by atoms with Crippen LogP contribution in [0.1, 0.15) is 11.1 Å². The summed E-state index contributed by atoms with van der Waals surface area (Å²) in [7, 11) is 1.51. The van der Waals surface area contributed by atoms with E-state index in [9.17, 15) is 9.59 Å². The summed E-state index contributed by atoms with van der Waals surface area (Å²) in [6.07, 6.45) is 6.89. The molecule has 0 radical (unpaired) electrons. The first-order chi connectivity index (χ1) is 14.9. The van der Waals surface area contributed by atoms with Gasteiger partial charge in [0.15, 0.2) is 11.5 Å². The van der Waals surface area contributed by atoms with E-state index in [2.05, 4.69) is 21.9 Å². The van der Waals surface area contributed by atoms with Crippen LogP contribution >= 0.6 is 27.7 Å². The maximum absolute atomic E-state index is 12.7. The Morgan fingerprint density at radius 1 is 1.19 bits per heavy atom. The van der Waals surface area contributed by atoms with Crippen molar-refractivity contribution in [3.8, 4) is 29.6 Å². The van der Waals surface area contributed by atoms with Crippen LogP contribution in [-0.2, 0) is 4.79 Å². The molecule has 6 nitrogen and oxygen atoms in total. The highest BCUT2D eigenvalue weighted by Gasteiger charge is 2.34. The Bertz CT molecular complexity index is 1060. The molecule has 31 heavy (non-hydrogen) atoms. The first-order valence-electron chi connectivity index (χ1n) is 9.31. The predicted molar refractivity (Wildman–Crippen MR) is 124 cm³/mol. The predicted octanol–water partition coefficient (Wildman–Crippen LogP) is 4.89. The minimum Gasteiger partial charge on any atom is -0.493 e. The second kappa shape index (κ2) is 10.4. The average Bonchev–Trinajstić information content (AvgIpc) is 3.01. The number of ether oxygens (including phenoxy) is 3. The van der Waals surface area contributed by atoms with Crippen molar-refractivity contribution in [3.63, 3.8) is 0 Å². The second-order valence-electron chi connectivity index (χ2n) is 6.52. The number of imide groups is 1. The minimum absolute atomic E-state index is 0.0951. The normalized spacial score (nSPS) is 14.6. The minimum atomic E-state index is -0.356. The zero-order chi connectivity index (χ0) is 22.4. The average molecular weight is 502 g/mol. The van der Waals surface area contributed by atoms with Crippen LogP contribution in [0, 0.1) is 19.3 Å². The van der Waals surface area contributed by atoms with Crippen molar-refractivity contribution < 1.29 is 23.8 Å². The van der Waals surface area contributed by atoms with Crippen molar-refractivity contribution in [2.24, 2.45) is 0 Å². The lowest BCUT2D eigenvalue weighted by Gasteiger charge is -2.13. The number of amides is 2. The Morgan fingerprint density at radius 2 is 1.94 bits per heavy atom. The Balaban J connectivity index is 1.70. The van der Waals surface area contributed by atoms with E-state index in [-0.39, 0.29) is 30.9 Å². The molecule has 0 atom stereocenters. The molecule has 0 bridgehead atoms. The number of rotatable bonds is 8. The Labute approximate surface area is 193 Å². The molecule has 0 aromatic heterocycles. The van der Waals surface area contributed by atoms with Gasteiger partial charge in [-0.15, -0.1) is 6.42 Å². The molecule has 2 aromatic rings. The van der Waals surface area contributed by atoms with Crippen LogP contribution in [0.4, 0.5) is 4.79 Å². The zero-order valence-corrected chi connectivity index (χ0v) is 19.4. The summed E-state index contributed by atoms with van der Waals surface area (Å²) in [5, 5.41) is -0.330. The molecular formula is C23H20BrNO5S. The monoisotopic (exact) mass is 501 g/mol. The molecule has 3 rings (SSSR count). The molecule has 0 saturated carbocycles. The molecule has 8 heteroatoms. The van der Waals surface area contributed by atoms with E-state index >= 15 is 0 Å². The summed E-state index contributed by atoms with van der Waals surface area (Å²) >= 11 is 4.32. The summed E-state index contributed by atoms with van der Waals surface area (Å²) in [5.41, 5.74) is 1.81. The molecule has 1 aliphatic rings. The van der Waals surface area contributed by atoms with Crippen LogP contribution in [-0.4, -0.2) is 42.9 Å². The smallest absolute Gasteiger partial charge is 0.293 e. The van der Waals surface area contributed by atoms with Gasteiger partial charge in [0, 0.05) is 0 Å². The molecule has 0 unspecified atom stereocenters. The van der Waals surface area contributed by atoms with E-state index in [0.29, 0.717) is 32.2 Å². The Hall–Kier alpha value is -2.89. The van der Waals surface area contributed by atoms with E-state index in [1.807, 2.05) is 31.2 Å². The van der Waals surface area contributed by atoms with Crippen molar-refractivity contribution in [2.75, 3.05) is 26.9 Å². The van der Waals surface area contributed by atoms with Gasteiger partial charge in [-0.2, -0.15) is 0 Å². The highest BCUT2D eigenvalue weighted by molar-refractivity contribution is 9.10. The molecule has 1 saturated heterocycles. The van der Waals surface area contributed by atoms with Crippen LogP contribution in [0.15, 0.2) is 45.8 Å². The third-order valence-electron chi connectivity index (χ3n) is 4.33. The number of carbonyl (C=O) groups is 2. The van der Waals surface area contributed by atoms with Gasteiger partial charge >= 0.3 is 0 Å². The van der Waals surface area contributed by atoms with Crippen molar-refractivity contribution in [1.29, 1.82) is 0 Å². The van der Waals surface area contributed by atoms with Gasteiger partial charge in [-0.05, 0) is 70.5 Å². The first kappa shape index (κ1) is 22.8. The van der Waals surface area contributed by atoms with Crippen LogP contribution in [0.2, 0.25) is 0 Å². The lowest BCUT2D eigenvalue weighted by molar-refractivity contribution is -0.123. The number of thioether (sulfide) groups is 1. The molecule has 0 N–H and O–H groups in total. The standard InChI is InChI=1S/C23H20BrNO5S/c1-4-10-30-21-18(24)12-16(13-19(21)28-3)14-20-22(26)25(23(27)31-20)9-11-29-17-7-5-15(2)6-8-17/h1,5-8,12-14H,9-11H2,2-3H3/b20-14-. The molecule has 2 amide bonds. The third kappa shape index (κ3) is 5.63. The van der Waals surface area contributed by atoms with Gasteiger partial charge in [-0.25, -0.2) is 0 Å². The number of carbonyl (C=O) groups excluding carboxylic acids is 2. The van der Waals surface area contributed by atoms with Crippen molar-refractivity contribution in [1.82, 2.24) is 4.90 Å². The van der Waals surface area contributed by atoms with Crippen LogP contribution < -0.4 is 14.2 Å². The third-order valence-corrected chi connectivity index (χ3v) is 5.82. The maximum atomic E-state index is 12.7. The van der Waals surface area contributed by atoms with E-state index < -0.39 is 0 Å². The highest BCUT2D eigenvalue weighted by atomic mass is 79.9. The lowest BCUT2D eigenvalue weighted by atomic mass is 10.2. The number of terminal acetylenes is 1. The summed E-state index contributed by atoms with van der Waals surface area (Å²) < 4.78 is 17.1. The fourth-order valence-corrected chi connectivity index (χ4v) is 4.25. The largest absolute Gasteiger partial charge is 0.493 e. The van der Waals surface area contributed by atoms with Crippen molar-refractivity contribution in [3.05, 3.63) is 56.9 Å². The number of benzene rings is 2. The van der Waals surface area contributed by atoms with Gasteiger partial charge in [0.25, 0.3) is 11.1 Å². The maximum Gasteiger partial charge on any atom is 0.293 e. The zero-order valence-electron chi connectivity index (χ0n) is 17.0. The summed E-state index contributed by atoms with van der Waals surface area (Å²) in [5.74, 6) is 3.67. The Kier molecular flexibility index (Phi) is 7.66. The van der Waals surface area contributed by atoms with Gasteiger partial charge in [0.2, 0.25) is 0 Å². The fraction of sp³-hybridized carbons (Fsp3) is 0.217. The number of aryl methyl sites for hydroxylation is 1. The van der Waals surface area contributed by atoms with Crippen molar-refractivity contribution in [2.45, 2.75) is 6.92 Å². The quantitative estimate of drug-likeness (QED) is 0.378. The number of halogens is 1. The highest BCUT2D eigenvalue weighted by Crippen LogP contribution is 2.39. The number of hydrogen-bond donors (Lipinski definition) is 0. The van der Waals surface area contributed by atoms with E-state index in [4.69, 9.17) is 20.6 Å².